The summed E-state index contributed by atoms with van der Waals surface area (Å²) < 4.78 is 0. The Morgan fingerprint density at radius 1 is 1.40 bits per heavy atom. The van der Waals surface area contributed by atoms with Crippen LogP contribution in [0.1, 0.15) is 33.6 Å². The molecule has 0 aromatic carbocycles. The van der Waals surface area contributed by atoms with E-state index in [0.29, 0.717) is 5.41 Å². The Morgan fingerprint density at radius 3 is 2.80 bits per heavy atom. The average Bonchev–Trinajstić information content (AvgIpc) is 2.17. The van der Waals surface area contributed by atoms with Gasteiger partial charge in [0.15, 0.2) is 0 Å². The summed E-state index contributed by atoms with van der Waals surface area (Å²) in [6, 6.07) is 0.752. The van der Waals surface area contributed by atoms with Crippen LogP contribution in [0.4, 0.5) is 0 Å². The molecule has 2 saturated heterocycles. The fourth-order valence-corrected chi connectivity index (χ4v) is 3.61. The Bertz CT molecular complexity index is 227. The number of hydrogen-bond donors (Lipinski definition) is 1. The highest BCUT2D eigenvalue weighted by molar-refractivity contribution is 5.01. The van der Waals surface area contributed by atoms with Gasteiger partial charge in [0, 0.05) is 19.1 Å². The van der Waals surface area contributed by atoms with Crippen molar-refractivity contribution in [3.05, 3.63) is 0 Å². The Morgan fingerprint density at radius 2 is 2.13 bits per heavy atom. The predicted molar refractivity (Wildman–Crippen MR) is 65.0 cm³/mol. The minimum atomic E-state index is 0.456. The van der Waals surface area contributed by atoms with Crippen LogP contribution in [0.15, 0.2) is 0 Å². The molecule has 88 valence electrons. The first kappa shape index (κ1) is 11.4. The fraction of sp³-hybridized carbons (Fsp3) is 1.00. The molecule has 0 saturated carbocycles. The molecule has 0 radical (unpaired) electrons. The molecule has 2 fully saturated rings. The van der Waals surface area contributed by atoms with Crippen molar-refractivity contribution in [3.63, 3.8) is 0 Å². The number of hydrogen-bond acceptors (Lipinski definition) is 2. The highest BCUT2D eigenvalue weighted by Gasteiger charge is 2.46. The van der Waals surface area contributed by atoms with Gasteiger partial charge in [0.2, 0.25) is 0 Å². The highest BCUT2D eigenvalue weighted by Crippen LogP contribution is 2.41. The average molecular weight is 210 g/mol. The second-order valence-corrected chi connectivity index (χ2v) is 6.19. The molecule has 0 bridgehead atoms. The summed E-state index contributed by atoms with van der Waals surface area (Å²) in [5.41, 5.74) is 0.456. The third-order valence-corrected chi connectivity index (χ3v) is 4.77. The van der Waals surface area contributed by atoms with Crippen molar-refractivity contribution in [2.24, 2.45) is 17.3 Å². The zero-order chi connectivity index (χ0) is 11.1. The van der Waals surface area contributed by atoms with E-state index in [1.165, 1.54) is 32.5 Å². The lowest BCUT2D eigenvalue weighted by Crippen LogP contribution is -2.63. The van der Waals surface area contributed by atoms with Gasteiger partial charge in [0.05, 0.1) is 0 Å². The van der Waals surface area contributed by atoms with E-state index in [1.54, 1.807) is 0 Å². The molecule has 3 unspecified atom stereocenters. The van der Waals surface area contributed by atoms with Crippen molar-refractivity contribution in [3.8, 4) is 0 Å². The lowest BCUT2D eigenvalue weighted by molar-refractivity contribution is -0.0141. The monoisotopic (exact) mass is 210 g/mol. The summed E-state index contributed by atoms with van der Waals surface area (Å²) in [5.74, 6) is 1.64. The SMILES string of the molecule is CC(C)C1(C)CN(C)CC2CCCNC21. The van der Waals surface area contributed by atoms with Gasteiger partial charge in [-0.15, -0.1) is 0 Å². The standard InChI is InChI=1S/C13H26N2/c1-10(2)13(3)9-15(4)8-11-6-5-7-14-12(11)13/h10-12,14H,5-9H2,1-4H3. The minimum Gasteiger partial charge on any atom is -0.313 e. The number of fused-ring (bicyclic) bond motifs is 1. The van der Waals surface area contributed by atoms with Gasteiger partial charge in [0.25, 0.3) is 0 Å². The highest BCUT2D eigenvalue weighted by atomic mass is 15.2. The maximum Gasteiger partial charge on any atom is 0.0176 e. The molecular weight excluding hydrogens is 184 g/mol. The molecular formula is C13H26N2. The molecule has 0 aromatic rings. The van der Waals surface area contributed by atoms with Crippen LogP contribution in [0.2, 0.25) is 0 Å². The first-order valence-corrected chi connectivity index (χ1v) is 6.46. The molecule has 2 heteroatoms. The zero-order valence-corrected chi connectivity index (χ0v) is 10.7. The van der Waals surface area contributed by atoms with Crippen LogP contribution in [0.3, 0.4) is 0 Å². The van der Waals surface area contributed by atoms with Crippen LogP contribution in [-0.4, -0.2) is 37.6 Å². The summed E-state index contributed by atoms with van der Waals surface area (Å²) in [5, 5.41) is 3.79. The molecule has 3 atom stereocenters. The van der Waals surface area contributed by atoms with Gasteiger partial charge in [-0.25, -0.2) is 0 Å². The smallest absolute Gasteiger partial charge is 0.0176 e. The fourth-order valence-electron chi connectivity index (χ4n) is 3.61. The van der Waals surface area contributed by atoms with E-state index in [-0.39, 0.29) is 0 Å². The van der Waals surface area contributed by atoms with E-state index in [2.05, 4.69) is 38.0 Å². The van der Waals surface area contributed by atoms with E-state index in [0.717, 1.165) is 17.9 Å². The van der Waals surface area contributed by atoms with Crippen LogP contribution in [0.25, 0.3) is 0 Å². The quantitative estimate of drug-likeness (QED) is 0.712. The van der Waals surface area contributed by atoms with Crippen molar-refractivity contribution in [1.29, 1.82) is 0 Å². The molecule has 2 rings (SSSR count). The van der Waals surface area contributed by atoms with E-state index in [9.17, 15) is 0 Å². The molecule has 2 nitrogen and oxygen atoms in total. The van der Waals surface area contributed by atoms with Crippen molar-refractivity contribution in [1.82, 2.24) is 10.2 Å². The van der Waals surface area contributed by atoms with Crippen LogP contribution in [-0.2, 0) is 0 Å². The summed E-state index contributed by atoms with van der Waals surface area (Å²) in [6.45, 7) is 11.0. The molecule has 0 aliphatic carbocycles. The lowest BCUT2D eigenvalue weighted by Gasteiger charge is -2.54. The third kappa shape index (κ3) is 1.94. The first-order chi connectivity index (χ1) is 7.04. The van der Waals surface area contributed by atoms with E-state index in [4.69, 9.17) is 0 Å². The van der Waals surface area contributed by atoms with Gasteiger partial charge in [-0.3, -0.25) is 0 Å². The summed E-state index contributed by atoms with van der Waals surface area (Å²) in [4.78, 5) is 2.54. The van der Waals surface area contributed by atoms with Gasteiger partial charge in [-0.1, -0.05) is 20.8 Å². The summed E-state index contributed by atoms with van der Waals surface area (Å²) in [7, 11) is 2.28. The maximum atomic E-state index is 3.79. The largest absolute Gasteiger partial charge is 0.313 e. The van der Waals surface area contributed by atoms with Gasteiger partial charge in [-0.2, -0.15) is 0 Å². The Hall–Kier alpha value is -0.0800. The number of likely N-dealkylation sites (tertiary alicyclic amines) is 1. The minimum absolute atomic E-state index is 0.456. The second-order valence-electron chi connectivity index (χ2n) is 6.19. The molecule has 2 heterocycles. The third-order valence-electron chi connectivity index (χ3n) is 4.77. The Balaban J connectivity index is 2.20. The van der Waals surface area contributed by atoms with Crippen molar-refractivity contribution < 1.29 is 0 Å². The topological polar surface area (TPSA) is 15.3 Å². The normalized spacial score (nSPS) is 43.0. The number of nitrogens with one attached hydrogen (secondary N) is 1. The van der Waals surface area contributed by atoms with E-state index < -0.39 is 0 Å². The Kier molecular flexibility index (Phi) is 3.09. The van der Waals surface area contributed by atoms with Crippen molar-refractivity contribution in [2.75, 3.05) is 26.7 Å². The Labute approximate surface area is 94.4 Å². The summed E-state index contributed by atoms with van der Waals surface area (Å²) >= 11 is 0. The van der Waals surface area contributed by atoms with E-state index in [1.807, 2.05) is 0 Å². The van der Waals surface area contributed by atoms with Gasteiger partial charge >= 0.3 is 0 Å². The second kappa shape index (κ2) is 4.06. The molecule has 0 spiro atoms. The molecule has 2 aliphatic rings. The predicted octanol–water partition coefficient (Wildman–Crippen LogP) is 1.96. The van der Waals surface area contributed by atoms with Gasteiger partial charge in [-0.05, 0) is 43.7 Å². The van der Waals surface area contributed by atoms with E-state index >= 15 is 0 Å². The molecule has 0 aromatic heterocycles. The summed E-state index contributed by atoms with van der Waals surface area (Å²) in [6.07, 6.45) is 2.79. The van der Waals surface area contributed by atoms with Crippen LogP contribution in [0.5, 0.6) is 0 Å². The van der Waals surface area contributed by atoms with Crippen LogP contribution >= 0.6 is 0 Å². The van der Waals surface area contributed by atoms with Crippen molar-refractivity contribution in [2.45, 2.75) is 39.7 Å². The number of rotatable bonds is 1. The van der Waals surface area contributed by atoms with Gasteiger partial charge in [0.1, 0.15) is 0 Å². The molecule has 15 heavy (non-hydrogen) atoms. The van der Waals surface area contributed by atoms with Crippen LogP contribution in [0, 0.1) is 17.3 Å². The first-order valence-electron chi connectivity index (χ1n) is 6.46. The number of piperidine rings is 2. The van der Waals surface area contributed by atoms with Crippen LogP contribution < -0.4 is 5.32 Å². The maximum absolute atomic E-state index is 3.79. The molecule has 2 aliphatic heterocycles. The zero-order valence-electron chi connectivity index (χ0n) is 10.7. The van der Waals surface area contributed by atoms with Crippen molar-refractivity contribution >= 4 is 0 Å². The number of nitrogens with zero attached hydrogens (tertiary/aromatic N) is 1. The molecule has 0 amide bonds. The molecule has 1 N–H and O–H groups in total. The lowest BCUT2D eigenvalue weighted by atomic mass is 9.64. The van der Waals surface area contributed by atoms with Gasteiger partial charge < -0.3 is 10.2 Å².